The first-order chi connectivity index (χ1) is 12.9. The van der Waals surface area contributed by atoms with Gasteiger partial charge in [0, 0.05) is 31.7 Å². The zero-order chi connectivity index (χ0) is 19.6. The van der Waals surface area contributed by atoms with Crippen LogP contribution in [0.1, 0.15) is 31.8 Å². The Hall–Kier alpha value is -2.89. The van der Waals surface area contributed by atoms with Crippen molar-refractivity contribution in [3.05, 3.63) is 64.5 Å². The Morgan fingerprint density at radius 1 is 0.963 bits per heavy atom. The Labute approximate surface area is 158 Å². The number of carbonyl (C=O) groups is 2. The van der Waals surface area contributed by atoms with E-state index >= 15 is 0 Å². The van der Waals surface area contributed by atoms with Gasteiger partial charge in [0.2, 0.25) is 0 Å². The molecule has 0 N–H and O–H groups in total. The molecule has 6 heteroatoms. The third-order valence-electron chi connectivity index (χ3n) is 4.80. The first kappa shape index (κ1) is 18.9. The van der Waals surface area contributed by atoms with Crippen LogP contribution in [0.3, 0.4) is 0 Å². The summed E-state index contributed by atoms with van der Waals surface area (Å²) < 4.78 is 18.8. The Kier molecular flexibility index (Phi) is 5.44. The van der Waals surface area contributed by atoms with Gasteiger partial charge in [-0.25, -0.2) is 4.39 Å². The number of benzene rings is 2. The molecule has 0 bridgehead atoms. The van der Waals surface area contributed by atoms with E-state index < -0.39 is 5.82 Å². The second-order valence-corrected chi connectivity index (χ2v) is 6.75. The Bertz CT molecular complexity index is 874. The van der Waals surface area contributed by atoms with Crippen molar-refractivity contribution < 1.29 is 18.7 Å². The number of hydrogen-bond acceptors (Lipinski definition) is 3. The van der Waals surface area contributed by atoms with Gasteiger partial charge in [-0.1, -0.05) is 12.1 Å². The molecule has 0 radical (unpaired) electrons. The van der Waals surface area contributed by atoms with Gasteiger partial charge < -0.3 is 14.5 Å². The van der Waals surface area contributed by atoms with Crippen LogP contribution in [0, 0.1) is 19.7 Å². The minimum Gasteiger partial charge on any atom is -0.496 e. The lowest BCUT2D eigenvalue weighted by molar-refractivity contribution is 0.0533. The van der Waals surface area contributed by atoms with E-state index in [1.165, 1.54) is 18.2 Å². The molecule has 5 nitrogen and oxygen atoms in total. The van der Waals surface area contributed by atoms with Crippen LogP contribution in [0.2, 0.25) is 0 Å². The van der Waals surface area contributed by atoms with Crippen molar-refractivity contribution in [2.45, 2.75) is 13.8 Å². The van der Waals surface area contributed by atoms with E-state index in [2.05, 4.69) is 0 Å². The van der Waals surface area contributed by atoms with Gasteiger partial charge in [-0.3, -0.25) is 9.59 Å². The highest BCUT2D eigenvalue weighted by Gasteiger charge is 2.28. The summed E-state index contributed by atoms with van der Waals surface area (Å²) in [5, 5.41) is 0. The van der Waals surface area contributed by atoms with E-state index in [1.54, 1.807) is 23.0 Å². The van der Waals surface area contributed by atoms with E-state index in [0.717, 1.165) is 11.1 Å². The van der Waals surface area contributed by atoms with Gasteiger partial charge in [0.1, 0.15) is 11.6 Å². The maximum Gasteiger partial charge on any atom is 0.258 e. The Morgan fingerprint density at radius 3 is 2.19 bits per heavy atom. The molecule has 2 aromatic carbocycles. The molecule has 1 fully saturated rings. The molecule has 0 aliphatic carbocycles. The SMILES string of the molecule is COc1cc(C)cc(C)c1C(=O)N1CCN(C(=O)c2cccc(F)c2)CC1. The van der Waals surface area contributed by atoms with E-state index in [-0.39, 0.29) is 11.8 Å². The largest absolute Gasteiger partial charge is 0.496 e. The summed E-state index contributed by atoms with van der Waals surface area (Å²) in [5.74, 6) is -0.180. The zero-order valence-electron chi connectivity index (χ0n) is 15.8. The molecule has 1 heterocycles. The first-order valence-electron chi connectivity index (χ1n) is 8.90. The summed E-state index contributed by atoms with van der Waals surface area (Å²) in [7, 11) is 1.56. The van der Waals surface area contributed by atoms with Crippen molar-refractivity contribution in [1.29, 1.82) is 0 Å². The minimum atomic E-state index is -0.434. The average Bonchev–Trinajstić information content (AvgIpc) is 2.66. The van der Waals surface area contributed by atoms with Gasteiger partial charge >= 0.3 is 0 Å². The van der Waals surface area contributed by atoms with Gasteiger partial charge in [-0.2, -0.15) is 0 Å². The van der Waals surface area contributed by atoms with Crippen LogP contribution in [-0.4, -0.2) is 54.9 Å². The molecule has 2 amide bonds. The monoisotopic (exact) mass is 370 g/mol. The van der Waals surface area contributed by atoms with Crippen LogP contribution >= 0.6 is 0 Å². The first-order valence-corrected chi connectivity index (χ1v) is 8.90. The maximum absolute atomic E-state index is 13.4. The van der Waals surface area contributed by atoms with Crippen molar-refractivity contribution in [3.8, 4) is 5.75 Å². The van der Waals surface area contributed by atoms with Crippen molar-refractivity contribution in [3.63, 3.8) is 0 Å². The van der Waals surface area contributed by atoms with Gasteiger partial charge in [0.15, 0.2) is 0 Å². The second-order valence-electron chi connectivity index (χ2n) is 6.75. The van der Waals surface area contributed by atoms with E-state index in [9.17, 15) is 14.0 Å². The number of rotatable bonds is 3. The number of hydrogen-bond donors (Lipinski definition) is 0. The summed E-state index contributed by atoms with van der Waals surface area (Å²) >= 11 is 0. The zero-order valence-corrected chi connectivity index (χ0v) is 15.8. The molecule has 1 saturated heterocycles. The average molecular weight is 370 g/mol. The highest BCUT2D eigenvalue weighted by molar-refractivity contribution is 5.99. The van der Waals surface area contributed by atoms with Crippen LogP contribution in [0.25, 0.3) is 0 Å². The quantitative estimate of drug-likeness (QED) is 0.834. The topological polar surface area (TPSA) is 49.9 Å². The number of amides is 2. The third kappa shape index (κ3) is 3.94. The molecule has 2 aromatic rings. The van der Waals surface area contributed by atoms with E-state index in [1.807, 2.05) is 26.0 Å². The second kappa shape index (κ2) is 7.78. The van der Waals surface area contributed by atoms with Crippen LogP contribution in [-0.2, 0) is 0 Å². The molecule has 142 valence electrons. The number of ether oxygens (including phenoxy) is 1. The predicted molar refractivity (Wildman–Crippen MR) is 101 cm³/mol. The summed E-state index contributed by atoms with van der Waals surface area (Å²) in [6.07, 6.45) is 0. The van der Waals surface area contributed by atoms with Crippen molar-refractivity contribution in [1.82, 2.24) is 9.80 Å². The fraction of sp³-hybridized carbons (Fsp3) is 0.333. The number of nitrogens with zero attached hydrogens (tertiary/aromatic N) is 2. The lowest BCUT2D eigenvalue weighted by Gasteiger charge is -2.35. The number of halogens is 1. The fourth-order valence-electron chi connectivity index (χ4n) is 3.44. The van der Waals surface area contributed by atoms with E-state index in [4.69, 9.17) is 4.74 Å². The van der Waals surface area contributed by atoms with E-state index in [0.29, 0.717) is 43.1 Å². The molecule has 27 heavy (non-hydrogen) atoms. The van der Waals surface area contributed by atoms with Crippen molar-refractivity contribution >= 4 is 11.8 Å². The lowest BCUT2D eigenvalue weighted by atomic mass is 10.0. The molecule has 3 rings (SSSR count). The van der Waals surface area contributed by atoms with Gasteiger partial charge in [0.25, 0.3) is 11.8 Å². The van der Waals surface area contributed by atoms with Gasteiger partial charge in [0.05, 0.1) is 12.7 Å². The summed E-state index contributed by atoms with van der Waals surface area (Å²) in [6, 6.07) is 9.48. The van der Waals surface area contributed by atoms with Crippen LogP contribution in [0.5, 0.6) is 5.75 Å². The molecule has 0 aromatic heterocycles. The minimum absolute atomic E-state index is 0.0952. The number of aryl methyl sites for hydroxylation is 2. The highest BCUT2D eigenvalue weighted by atomic mass is 19.1. The van der Waals surface area contributed by atoms with Crippen LogP contribution in [0.15, 0.2) is 36.4 Å². The van der Waals surface area contributed by atoms with Gasteiger partial charge in [-0.05, 0) is 49.2 Å². The summed E-state index contributed by atoms with van der Waals surface area (Å²) in [4.78, 5) is 28.9. The fourth-order valence-corrected chi connectivity index (χ4v) is 3.44. The summed E-state index contributed by atoms with van der Waals surface area (Å²) in [5.41, 5.74) is 2.79. The smallest absolute Gasteiger partial charge is 0.258 e. The maximum atomic E-state index is 13.4. The van der Waals surface area contributed by atoms with Crippen LogP contribution < -0.4 is 4.74 Å². The highest BCUT2D eigenvalue weighted by Crippen LogP contribution is 2.26. The molecular formula is C21H23FN2O3. The van der Waals surface area contributed by atoms with Gasteiger partial charge in [-0.15, -0.1) is 0 Å². The van der Waals surface area contributed by atoms with Crippen molar-refractivity contribution in [2.75, 3.05) is 33.3 Å². The molecule has 0 saturated carbocycles. The molecular weight excluding hydrogens is 347 g/mol. The molecule has 0 spiro atoms. The predicted octanol–water partition coefficient (Wildman–Crippen LogP) is 3.05. The standard InChI is InChI=1S/C21H23FN2O3/c1-14-11-15(2)19(18(12-14)27-3)21(26)24-9-7-23(8-10-24)20(25)16-5-4-6-17(22)13-16/h4-6,11-13H,7-10H2,1-3H3. The number of carbonyl (C=O) groups excluding carboxylic acids is 2. The lowest BCUT2D eigenvalue weighted by Crippen LogP contribution is -2.50. The summed E-state index contributed by atoms with van der Waals surface area (Å²) in [6.45, 7) is 5.53. The molecule has 0 atom stereocenters. The molecule has 0 unspecified atom stereocenters. The molecule has 1 aliphatic heterocycles. The molecule has 1 aliphatic rings. The third-order valence-corrected chi connectivity index (χ3v) is 4.80. The Balaban J connectivity index is 1.71. The normalized spacial score (nSPS) is 14.2. The number of methoxy groups -OCH3 is 1. The Morgan fingerprint density at radius 2 is 1.59 bits per heavy atom. The van der Waals surface area contributed by atoms with Crippen LogP contribution in [0.4, 0.5) is 4.39 Å². The van der Waals surface area contributed by atoms with Crippen molar-refractivity contribution in [2.24, 2.45) is 0 Å². The number of piperazine rings is 1.